The third-order valence-electron chi connectivity index (χ3n) is 4.74. The summed E-state index contributed by atoms with van der Waals surface area (Å²) in [6.07, 6.45) is 6.95. The summed E-state index contributed by atoms with van der Waals surface area (Å²) in [5, 5.41) is 3.51. The fraction of sp³-hybridized carbons (Fsp3) is 1.00. The summed E-state index contributed by atoms with van der Waals surface area (Å²) in [7, 11) is 0. The summed E-state index contributed by atoms with van der Waals surface area (Å²) in [4.78, 5) is 5.48. The molecule has 2 rings (SSSR count). The summed E-state index contributed by atoms with van der Waals surface area (Å²) in [6.45, 7) is 13.3. The number of unbranched alkanes of at least 4 members (excludes halogenated alkanes) is 1. The highest BCUT2D eigenvalue weighted by atomic mass is 15.3. The second kappa shape index (κ2) is 7.61. The largest absolute Gasteiger partial charge is 0.315 e. The van der Waals surface area contributed by atoms with Crippen LogP contribution in [-0.4, -0.2) is 60.6 Å². The van der Waals surface area contributed by atoms with Gasteiger partial charge >= 0.3 is 0 Å². The van der Waals surface area contributed by atoms with E-state index in [9.17, 15) is 0 Å². The average molecular weight is 267 g/mol. The number of rotatable bonds is 6. The lowest BCUT2D eigenvalue weighted by atomic mass is 9.97. The second-order valence-corrected chi connectivity index (χ2v) is 6.80. The molecule has 2 atom stereocenters. The Morgan fingerprint density at radius 2 is 2.00 bits per heavy atom. The number of piperidine rings is 1. The van der Waals surface area contributed by atoms with E-state index < -0.39 is 0 Å². The van der Waals surface area contributed by atoms with Crippen molar-refractivity contribution in [3.8, 4) is 0 Å². The maximum absolute atomic E-state index is 3.51. The van der Waals surface area contributed by atoms with E-state index in [2.05, 4.69) is 35.9 Å². The SMILES string of the molecule is CC(C)NCCCCN1CC2CCCCN2CC1C. The van der Waals surface area contributed by atoms with Crippen LogP contribution in [0.2, 0.25) is 0 Å². The van der Waals surface area contributed by atoms with E-state index in [0.29, 0.717) is 6.04 Å². The summed E-state index contributed by atoms with van der Waals surface area (Å²) in [5.41, 5.74) is 0. The highest BCUT2D eigenvalue weighted by molar-refractivity contribution is 4.88. The van der Waals surface area contributed by atoms with Crippen LogP contribution in [0, 0.1) is 0 Å². The van der Waals surface area contributed by atoms with Crippen molar-refractivity contribution in [3.63, 3.8) is 0 Å². The minimum absolute atomic E-state index is 0.629. The Kier molecular flexibility index (Phi) is 6.11. The van der Waals surface area contributed by atoms with E-state index in [1.54, 1.807) is 0 Å². The summed E-state index contributed by atoms with van der Waals surface area (Å²) < 4.78 is 0. The van der Waals surface area contributed by atoms with Gasteiger partial charge in [0.25, 0.3) is 0 Å². The van der Waals surface area contributed by atoms with E-state index in [-0.39, 0.29) is 0 Å². The molecule has 0 aliphatic carbocycles. The molecule has 0 amide bonds. The molecule has 0 radical (unpaired) electrons. The topological polar surface area (TPSA) is 18.5 Å². The van der Waals surface area contributed by atoms with Crippen LogP contribution in [0.3, 0.4) is 0 Å². The number of hydrogen-bond donors (Lipinski definition) is 1. The average Bonchev–Trinajstić information content (AvgIpc) is 2.38. The van der Waals surface area contributed by atoms with Gasteiger partial charge in [-0.2, -0.15) is 0 Å². The molecule has 0 aromatic rings. The Morgan fingerprint density at radius 1 is 1.16 bits per heavy atom. The van der Waals surface area contributed by atoms with Crippen LogP contribution in [0.15, 0.2) is 0 Å². The molecule has 3 heteroatoms. The van der Waals surface area contributed by atoms with Crippen molar-refractivity contribution in [2.24, 2.45) is 0 Å². The zero-order chi connectivity index (χ0) is 13.7. The van der Waals surface area contributed by atoms with Gasteiger partial charge in [-0.05, 0) is 52.2 Å². The van der Waals surface area contributed by atoms with Crippen molar-refractivity contribution in [2.45, 2.75) is 71.0 Å². The van der Waals surface area contributed by atoms with Crippen LogP contribution in [0.25, 0.3) is 0 Å². The van der Waals surface area contributed by atoms with E-state index in [1.165, 1.54) is 64.8 Å². The molecule has 0 spiro atoms. The lowest BCUT2D eigenvalue weighted by Gasteiger charge is -2.47. The van der Waals surface area contributed by atoms with Gasteiger partial charge in [0.2, 0.25) is 0 Å². The van der Waals surface area contributed by atoms with Gasteiger partial charge in [0.15, 0.2) is 0 Å². The third kappa shape index (κ3) is 4.73. The maximum atomic E-state index is 3.51. The van der Waals surface area contributed by atoms with Crippen molar-refractivity contribution in [1.82, 2.24) is 15.1 Å². The molecule has 112 valence electrons. The summed E-state index contributed by atoms with van der Waals surface area (Å²) >= 11 is 0. The molecular weight excluding hydrogens is 234 g/mol. The Balaban J connectivity index is 1.65. The first-order valence-electron chi connectivity index (χ1n) is 8.38. The molecule has 0 aromatic heterocycles. The fourth-order valence-electron chi connectivity index (χ4n) is 3.55. The number of nitrogens with zero attached hydrogens (tertiary/aromatic N) is 2. The molecule has 1 N–H and O–H groups in total. The zero-order valence-electron chi connectivity index (χ0n) is 13.2. The first kappa shape index (κ1) is 15.3. The van der Waals surface area contributed by atoms with Gasteiger partial charge in [-0.25, -0.2) is 0 Å². The van der Waals surface area contributed by atoms with E-state index >= 15 is 0 Å². The van der Waals surface area contributed by atoms with Gasteiger partial charge in [0.1, 0.15) is 0 Å². The van der Waals surface area contributed by atoms with Crippen LogP contribution in [-0.2, 0) is 0 Å². The van der Waals surface area contributed by atoms with Crippen LogP contribution in [0.1, 0.15) is 52.9 Å². The van der Waals surface area contributed by atoms with Crippen LogP contribution in [0.4, 0.5) is 0 Å². The number of nitrogens with one attached hydrogen (secondary N) is 1. The third-order valence-corrected chi connectivity index (χ3v) is 4.74. The van der Waals surface area contributed by atoms with E-state index in [4.69, 9.17) is 0 Å². The quantitative estimate of drug-likeness (QED) is 0.745. The molecule has 19 heavy (non-hydrogen) atoms. The van der Waals surface area contributed by atoms with Gasteiger partial charge in [-0.3, -0.25) is 9.80 Å². The Bertz CT molecular complexity index is 254. The molecular formula is C16H33N3. The first-order valence-corrected chi connectivity index (χ1v) is 8.38. The van der Waals surface area contributed by atoms with Crippen molar-refractivity contribution >= 4 is 0 Å². The Hall–Kier alpha value is -0.120. The van der Waals surface area contributed by atoms with E-state index in [1.807, 2.05) is 0 Å². The minimum Gasteiger partial charge on any atom is -0.315 e. The Morgan fingerprint density at radius 3 is 2.79 bits per heavy atom. The van der Waals surface area contributed by atoms with Gasteiger partial charge in [-0.1, -0.05) is 20.3 Å². The summed E-state index contributed by atoms with van der Waals surface area (Å²) in [6, 6.07) is 2.25. The standard InChI is InChI=1S/C16H33N3/c1-14(2)17-9-5-7-10-18-13-16-8-4-6-11-19(16)12-15(18)3/h14-17H,4-13H2,1-3H3. The molecule has 0 bridgehead atoms. The Labute approximate surface area is 119 Å². The highest BCUT2D eigenvalue weighted by Crippen LogP contribution is 2.24. The maximum Gasteiger partial charge on any atom is 0.0223 e. The molecule has 2 fully saturated rings. The van der Waals surface area contributed by atoms with Gasteiger partial charge < -0.3 is 5.32 Å². The predicted molar refractivity (Wildman–Crippen MR) is 82.6 cm³/mol. The van der Waals surface area contributed by atoms with Crippen molar-refractivity contribution in [2.75, 3.05) is 32.7 Å². The lowest BCUT2D eigenvalue weighted by molar-refractivity contribution is 0.0147. The molecule has 3 nitrogen and oxygen atoms in total. The minimum atomic E-state index is 0.629. The smallest absolute Gasteiger partial charge is 0.0223 e. The van der Waals surface area contributed by atoms with Crippen LogP contribution >= 0.6 is 0 Å². The molecule has 2 unspecified atom stereocenters. The van der Waals surface area contributed by atoms with Gasteiger partial charge in [0, 0.05) is 31.2 Å². The van der Waals surface area contributed by atoms with E-state index in [0.717, 1.165) is 12.1 Å². The van der Waals surface area contributed by atoms with Crippen molar-refractivity contribution in [1.29, 1.82) is 0 Å². The van der Waals surface area contributed by atoms with Gasteiger partial charge in [-0.15, -0.1) is 0 Å². The number of fused-ring (bicyclic) bond motifs is 1. The molecule has 2 saturated heterocycles. The molecule has 0 saturated carbocycles. The predicted octanol–water partition coefficient (Wildman–Crippen LogP) is 2.32. The lowest BCUT2D eigenvalue weighted by Crippen LogP contribution is -2.58. The first-order chi connectivity index (χ1) is 9.16. The fourth-order valence-corrected chi connectivity index (χ4v) is 3.55. The van der Waals surface area contributed by atoms with Crippen LogP contribution in [0.5, 0.6) is 0 Å². The summed E-state index contributed by atoms with van der Waals surface area (Å²) in [5.74, 6) is 0. The molecule has 2 aliphatic rings. The zero-order valence-corrected chi connectivity index (χ0v) is 13.2. The van der Waals surface area contributed by atoms with Crippen molar-refractivity contribution in [3.05, 3.63) is 0 Å². The highest BCUT2D eigenvalue weighted by Gasteiger charge is 2.32. The second-order valence-electron chi connectivity index (χ2n) is 6.80. The molecule has 2 heterocycles. The number of piperazine rings is 1. The van der Waals surface area contributed by atoms with Gasteiger partial charge in [0.05, 0.1) is 0 Å². The van der Waals surface area contributed by atoms with Crippen molar-refractivity contribution < 1.29 is 0 Å². The molecule has 2 aliphatic heterocycles. The normalized spacial score (nSPS) is 29.7. The monoisotopic (exact) mass is 267 g/mol. The number of hydrogen-bond acceptors (Lipinski definition) is 3. The van der Waals surface area contributed by atoms with Crippen LogP contribution < -0.4 is 5.32 Å². The molecule has 0 aromatic carbocycles.